The Bertz CT molecular complexity index is 564. The molecule has 1 heterocycles. The second-order valence-corrected chi connectivity index (χ2v) is 5.08. The minimum atomic E-state index is -0.792. The molecule has 0 aliphatic heterocycles. The number of aryl methyl sites for hydroxylation is 1. The standard InChI is InChI=1S/C14H16O3/c1-9-5-4-6-11-10(8-17-12(9)11)7-14(2,3)13(15)16/h4-6,8H,7H2,1-3H3,(H,15,16). The van der Waals surface area contributed by atoms with Gasteiger partial charge in [-0.2, -0.15) is 0 Å². The van der Waals surface area contributed by atoms with Crippen molar-refractivity contribution >= 4 is 16.9 Å². The van der Waals surface area contributed by atoms with Crippen LogP contribution in [0, 0.1) is 12.3 Å². The third-order valence-corrected chi connectivity index (χ3v) is 3.09. The molecular formula is C14H16O3. The maximum atomic E-state index is 11.1. The SMILES string of the molecule is Cc1cccc2c(CC(C)(C)C(=O)O)coc12. The highest BCUT2D eigenvalue weighted by atomic mass is 16.4. The Morgan fingerprint density at radius 1 is 1.41 bits per heavy atom. The van der Waals surface area contributed by atoms with Crippen molar-refractivity contribution in [3.8, 4) is 0 Å². The normalized spacial score (nSPS) is 11.9. The first-order valence-corrected chi connectivity index (χ1v) is 5.61. The summed E-state index contributed by atoms with van der Waals surface area (Å²) in [5, 5.41) is 10.1. The Labute approximate surface area is 100 Å². The van der Waals surface area contributed by atoms with Gasteiger partial charge in [0, 0.05) is 5.39 Å². The summed E-state index contributed by atoms with van der Waals surface area (Å²) >= 11 is 0. The van der Waals surface area contributed by atoms with Crippen molar-refractivity contribution in [1.29, 1.82) is 0 Å². The first kappa shape index (κ1) is 11.7. The van der Waals surface area contributed by atoms with Crippen LogP contribution in [-0.4, -0.2) is 11.1 Å². The third-order valence-electron chi connectivity index (χ3n) is 3.09. The van der Waals surface area contributed by atoms with Gasteiger partial charge in [0.2, 0.25) is 0 Å². The number of furan rings is 1. The summed E-state index contributed by atoms with van der Waals surface area (Å²) in [6, 6.07) is 5.92. The molecule has 1 aromatic carbocycles. The molecule has 0 saturated heterocycles. The molecule has 2 aromatic rings. The van der Waals surface area contributed by atoms with Crippen LogP contribution in [0.15, 0.2) is 28.9 Å². The summed E-state index contributed by atoms with van der Waals surface area (Å²) in [6.07, 6.45) is 2.14. The molecule has 0 fully saturated rings. The van der Waals surface area contributed by atoms with Gasteiger partial charge in [-0.1, -0.05) is 18.2 Å². The number of benzene rings is 1. The number of aliphatic carboxylic acids is 1. The fraction of sp³-hybridized carbons (Fsp3) is 0.357. The Kier molecular flexibility index (Phi) is 2.69. The Hall–Kier alpha value is -1.77. The van der Waals surface area contributed by atoms with E-state index in [1.54, 1.807) is 20.1 Å². The highest BCUT2D eigenvalue weighted by Gasteiger charge is 2.28. The largest absolute Gasteiger partial charge is 0.481 e. The summed E-state index contributed by atoms with van der Waals surface area (Å²) in [5.41, 5.74) is 2.10. The highest BCUT2D eigenvalue weighted by Crippen LogP contribution is 2.30. The predicted octanol–water partition coefficient (Wildman–Crippen LogP) is 3.39. The summed E-state index contributed by atoms with van der Waals surface area (Å²) in [5.74, 6) is -0.792. The summed E-state index contributed by atoms with van der Waals surface area (Å²) in [4.78, 5) is 11.1. The van der Waals surface area contributed by atoms with Crippen molar-refractivity contribution in [1.82, 2.24) is 0 Å². The molecule has 0 spiro atoms. The molecule has 0 atom stereocenters. The van der Waals surface area contributed by atoms with Gasteiger partial charge in [0.25, 0.3) is 0 Å². The first-order chi connectivity index (χ1) is 7.92. The number of fused-ring (bicyclic) bond motifs is 1. The van der Waals surface area contributed by atoms with Crippen molar-refractivity contribution in [2.45, 2.75) is 27.2 Å². The van der Waals surface area contributed by atoms with Crippen LogP contribution in [0.4, 0.5) is 0 Å². The predicted molar refractivity (Wildman–Crippen MR) is 66.1 cm³/mol. The zero-order valence-corrected chi connectivity index (χ0v) is 10.3. The van der Waals surface area contributed by atoms with Crippen LogP contribution >= 0.6 is 0 Å². The number of para-hydroxylation sites is 1. The van der Waals surface area contributed by atoms with E-state index in [1.165, 1.54) is 0 Å². The van der Waals surface area contributed by atoms with Crippen LogP contribution in [0.25, 0.3) is 11.0 Å². The van der Waals surface area contributed by atoms with Gasteiger partial charge in [0.15, 0.2) is 0 Å². The molecule has 17 heavy (non-hydrogen) atoms. The molecule has 2 rings (SSSR count). The van der Waals surface area contributed by atoms with Crippen LogP contribution in [0.3, 0.4) is 0 Å². The smallest absolute Gasteiger partial charge is 0.309 e. The van der Waals surface area contributed by atoms with Crippen LogP contribution in [-0.2, 0) is 11.2 Å². The van der Waals surface area contributed by atoms with Crippen molar-refractivity contribution in [3.05, 3.63) is 35.6 Å². The molecule has 0 aliphatic rings. The minimum Gasteiger partial charge on any atom is -0.481 e. The topological polar surface area (TPSA) is 50.4 Å². The van der Waals surface area contributed by atoms with E-state index < -0.39 is 11.4 Å². The van der Waals surface area contributed by atoms with E-state index in [0.29, 0.717) is 6.42 Å². The van der Waals surface area contributed by atoms with Crippen molar-refractivity contribution in [3.63, 3.8) is 0 Å². The molecule has 0 saturated carbocycles. The van der Waals surface area contributed by atoms with Gasteiger partial charge in [0.05, 0.1) is 11.7 Å². The Morgan fingerprint density at radius 2 is 2.12 bits per heavy atom. The van der Waals surface area contributed by atoms with Gasteiger partial charge in [-0.3, -0.25) is 4.79 Å². The lowest BCUT2D eigenvalue weighted by molar-refractivity contribution is -0.146. The molecule has 0 bridgehead atoms. The van der Waals surface area contributed by atoms with Gasteiger partial charge in [0.1, 0.15) is 5.58 Å². The van der Waals surface area contributed by atoms with E-state index in [1.807, 2.05) is 25.1 Å². The fourth-order valence-corrected chi connectivity index (χ4v) is 1.94. The lowest BCUT2D eigenvalue weighted by Gasteiger charge is -2.17. The number of rotatable bonds is 3. The van der Waals surface area contributed by atoms with E-state index in [4.69, 9.17) is 9.52 Å². The Balaban J connectivity index is 2.44. The maximum absolute atomic E-state index is 11.1. The summed E-state index contributed by atoms with van der Waals surface area (Å²) in [7, 11) is 0. The molecule has 90 valence electrons. The first-order valence-electron chi connectivity index (χ1n) is 5.61. The molecule has 0 unspecified atom stereocenters. The number of carboxylic acid groups (broad SMARTS) is 1. The third kappa shape index (κ3) is 2.05. The van der Waals surface area contributed by atoms with E-state index in [2.05, 4.69) is 0 Å². The van der Waals surface area contributed by atoms with E-state index in [-0.39, 0.29) is 0 Å². The van der Waals surface area contributed by atoms with Gasteiger partial charge < -0.3 is 9.52 Å². The molecule has 0 radical (unpaired) electrons. The van der Waals surface area contributed by atoms with Crippen LogP contribution < -0.4 is 0 Å². The van der Waals surface area contributed by atoms with E-state index in [9.17, 15) is 4.79 Å². The lowest BCUT2D eigenvalue weighted by Crippen LogP contribution is -2.26. The second kappa shape index (κ2) is 3.91. The zero-order chi connectivity index (χ0) is 12.6. The van der Waals surface area contributed by atoms with Crippen molar-refractivity contribution in [2.75, 3.05) is 0 Å². The van der Waals surface area contributed by atoms with Crippen LogP contribution in [0.2, 0.25) is 0 Å². The molecule has 0 amide bonds. The van der Waals surface area contributed by atoms with Crippen LogP contribution in [0.5, 0.6) is 0 Å². The highest BCUT2D eigenvalue weighted by molar-refractivity contribution is 5.84. The minimum absolute atomic E-state index is 0.471. The number of hydrogen-bond donors (Lipinski definition) is 1. The van der Waals surface area contributed by atoms with E-state index in [0.717, 1.165) is 22.1 Å². The second-order valence-electron chi connectivity index (χ2n) is 5.08. The number of carbonyl (C=O) groups is 1. The fourth-order valence-electron chi connectivity index (χ4n) is 1.94. The van der Waals surface area contributed by atoms with Crippen LogP contribution in [0.1, 0.15) is 25.0 Å². The van der Waals surface area contributed by atoms with Gasteiger partial charge in [-0.15, -0.1) is 0 Å². The van der Waals surface area contributed by atoms with Crippen molar-refractivity contribution < 1.29 is 14.3 Å². The maximum Gasteiger partial charge on any atom is 0.309 e. The van der Waals surface area contributed by atoms with Gasteiger partial charge in [-0.25, -0.2) is 0 Å². The lowest BCUT2D eigenvalue weighted by atomic mass is 9.86. The molecule has 3 nitrogen and oxygen atoms in total. The van der Waals surface area contributed by atoms with E-state index >= 15 is 0 Å². The number of hydrogen-bond acceptors (Lipinski definition) is 2. The van der Waals surface area contributed by atoms with Crippen molar-refractivity contribution in [2.24, 2.45) is 5.41 Å². The average molecular weight is 232 g/mol. The zero-order valence-electron chi connectivity index (χ0n) is 10.3. The number of carboxylic acids is 1. The summed E-state index contributed by atoms with van der Waals surface area (Å²) in [6.45, 7) is 5.44. The monoisotopic (exact) mass is 232 g/mol. The quantitative estimate of drug-likeness (QED) is 0.882. The average Bonchev–Trinajstić information content (AvgIpc) is 2.62. The molecular weight excluding hydrogens is 216 g/mol. The molecule has 1 N–H and O–H groups in total. The molecule has 1 aromatic heterocycles. The Morgan fingerprint density at radius 3 is 2.76 bits per heavy atom. The molecule has 0 aliphatic carbocycles. The van der Waals surface area contributed by atoms with Gasteiger partial charge >= 0.3 is 5.97 Å². The summed E-state index contributed by atoms with van der Waals surface area (Å²) < 4.78 is 5.51. The van der Waals surface area contributed by atoms with Gasteiger partial charge in [-0.05, 0) is 38.3 Å². The molecule has 3 heteroatoms.